The number of amides is 1. The summed E-state index contributed by atoms with van der Waals surface area (Å²) in [5.74, 6) is -0.124. The van der Waals surface area contributed by atoms with Crippen molar-refractivity contribution in [2.75, 3.05) is 26.3 Å². The van der Waals surface area contributed by atoms with E-state index in [1.54, 1.807) is 36.7 Å². The molecule has 0 unspecified atom stereocenters. The number of carbonyl (C=O) groups excluding carboxylic acids is 1. The average molecular weight is 399 g/mol. The largest absolute Gasteiger partial charge is 0.379 e. The smallest absolute Gasteiger partial charge is 0.247 e. The molecule has 1 N–H and O–H groups in total. The Bertz CT molecular complexity index is 1010. The molecule has 0 atom stereocenters. The van der Waals surface area contributed by atoms with Gasteiger partial charge in [-0.15, -0.1) is 0 Å². The molecule has 1 aliphatic carbocycles. The van der Waals surface area contributed by atoms with E-state index in [1.165, 1.54) is 4.31 Å². The van der Waals surface area contributed by atoms with E-state index < -0.39 is 10.0 Å². The van der Waals surface area contributed by atoms with Gasteiger partial charge in [0.1, 0.15) is 0 Å². The molecule has 2 heterocycles. The molecule has 2 aliphatic rings. The topological polar surface area (TPSA) is 88.6 Å². The van der Waals surface area contributed by atoms with Crippen LogP contribution in [-0.4, -0.2) is 49.9 Å². The predicted octanol–water partition coefficient (Wildman–Crippen LogP) is 1.36. The molecular formula is C20H21N3O4S. The van der Waals surface area contributed by atoms with Crippen molar-refractivity contribution in [1.82, 2.24) is 14.6 Å². The molecule has 1 saturated heterocycles. The second-order valence-corrected chi connectivity index (χ2v) is 8.70. The number of pyridine rings is 1. The van der Waals surface area contributed by atoms with Gasteiger partial charge in [-0.05, 0) is 41.0 Å². The summed E-state index contributed by atoms with van der Waals surface area (Å²) in [4.78, 5) is 16.7. The summed E-state index contributed by atoms with van der Waals surface area (Å²) in [6, 6.07) is 8.55. The van der Waals surface area contributed by atoms with Gasteiger partial charge in [0.15, 0.2) is 0 Å². The highest BCUT2D eigenvalue weighted by Gasteiger charge is 2.26. The molecule has 1 aromatic heterocycles. The van der Waals surface area contributed by atoms with Crippen LogP contribution in [-0.2, 0) is 32.5 Å². The third-order valence-corrected chi connectivity index (χ3v) is 6.85. The molecular weight excluding hydrogens is 378 g/mol. The van der Waals surface area contributed by atoms with Crippen molar-refractivity contribution >= 4 is 22.0 Å². The number of fused-ring (bicyclic) bond motifs is 1. The summed E-state index contributed by atoms with van der Waals surface area (Å²) in [6.07, 6.45) is 5.93. The molecule has 8 heteroatoms. The van der Waals surface area contributed by atoms with Crippen LogP contribution in [0.4, 0.5) is 0 Å². The zero-order valence-electron chi connectivity index (χ0n) is 15.3. The van der Waals surface area contributed by atoms with E-state index in [4.69, 9.17) is 4.74 Å². The second kappa shape index (κ2) is 7.83. The standard InChI is InChI=1S/C20H21N3O4S/c24-20(17-11-16-5-6-21-14-18(16)12-17)22-13-15-1-3-19(4-2-15)28(25,26)23-7-9-27-10-8-23/h1-6,12,14H,7-11,13H2,(H,22,24). The zero-order chi connectivity index (χ0) is 19.6. The third-order valence-electron chi connectivity index (χ3n) is 4.93. The Morgan fingerprint density at radius 2 is 1.89 bits per heavy atom. The Morgan fingerprint density at radius 1 is 1.14 bits per heavy atom. The van der Waals surface area contributed by atoms with Crippen LogP contribution in [0.25, 0.3) is 6.08 Å². The van der Waals surface area contributed by atoms with Crippen molar-refractivity contribution in [1.29, 1.82) is 0 Å². The lowest BCUT2D eigenvalue weighted by Gasteiger charge is -2.26. The molecule has 4 rings (SSSR count). The van der Waals surface area contributed by atoms with Crippen LogP contribution in [0, 0.1) is 0 Å². The van der Waals surface area contributed by atoms with Gasteiger partial charge in [-0.25, -0.2) is 8.42 Å². The maximum absolute atomic E-state index is 12.6. The van der Waals surface area contributed by atoms with Gasteiger partial charge < -0.3 is 10.1 Å². The highest BCUT2D eigenvalue weighted by Crippen LogP contribution is 2.24. The number of benzene rings is 1. The van der Waals surface area contributed by atoms with Crippen LogP contribution >= 0.6 is 0 Å². The van der Waals surface area contributed by atoms with Gasteiger partial charge in [0.2, 0.25) is 15.9 Å². The highest BCUT2D eigenvalue weighted by molar-refractivity contribution is 7.89. The average Bonchev–Trinajstić information content (AvgIpc) is 3.17. The van der Waals surface area contributed by atoms with Gasteiger partial charge in [-0.3, -0.25) is 9.78 Å². The Balaban J connectivity index is 1.37. The molecule has 0 spiro atoms. The Hall–Kier alpha value is -2.55. The van der Waals surface area contributed by atoms with Gasteiger partial charge >= 0.3 is 0 Å². The first kappa shape index (κ1) is 18.8. The number of sulfonamides is 1. The minimum absolute atomic E-state index is 0.124. The van der Waals surface area contributed by atoms with Crippen molar-refractivity contribution in [3.63, 3.8) is 0 Å². The summed E-state index contributed by atoms with van der Waals surface area (Å²) in [6.45, 7) is 1.90. The molecule has 1 amide bonds. The van der Waals surface area contributed by atoms with Crippen LogP contribution in [0.2, 0.25) is 0 Å². The van der Waals surface area contributed by atoms with Gasteiger partial charge in [0.25, 0.3) is 0 Å². The molecule has 1 fully saturated rings. The number of morpholine rings is 1. The number of nitrogens with zero attached hydrogens (tertiary/aromatic N) is 2. The van der Waals surface area contributed by atoms with E-state index in [1.807, 2.05) is 12.1 Å². The minimum Gasteiger partial charge on any atom is -0.379 e. The summed E-state index contributed by atoms with van der Waals surface area (Å²) < 4.78 is 31.9. The lowest BCUT2D eigenvalue weighted by Crippen LogP contribution is -2.40. The Morgan fingerprint density at radius 3 is 2.61 bits per heavy atom. The van der Waals surface area contributed by atoms with E-state index in [-0.39, 0.29) is 10.8 Å². The van der Waals surface area contributed by atoms with Gasteiger partial charge in [0.05, 0.1) is 18.1 Å². The number of carbonyl (C=O) groups is 1. The monoisotopic (exact) mass is 399 g/mol. The fraction of sp³-hybridized carbons (Fsp3) is 0.300. The molecule has 0 bridgehead atoms. The number of hydrogen-bond donors (Lipinski definition) is 1. The summed E-state index contributed by atoms with van der Waals surface area (Å²) in [5.41, 5.74) is 3.62. The quantitative estimate of drug-likeness (QED) is 0.820. The lowest BCUT2D eigenvalue weighted by atomic mass is 10.1. The number of aromatic nitrogens is 1. The third kappa shape index (κ3) is 3.84. The number of rotatable bonds is 5. The molecule has 0 radical (unpaired) electrons. The Labute approximate surface area is 164 Å². The van der Waals surface area contributed by atoms with Crippen molar-refractivity contribution < 1.29 is 17.9 Å². The Kier molecular flexibility index (Phi) is 5.25. The van der Waals surface area contributed by atoms with Crippen LogP contribution in [0.3, 0.4) is 0 Å². The number of ether oxygens (including phenoxy) is 1. The van der Waals surface area contributed by atoms with Crippen molar-refractivity contribution in [2.24, 2.45) is 0 Å². The van der Waals surface area contributed by atoms with Gasteiger partial charge in [-0.2, -0.15) is 4.31 Å². The van der Waals surface area contributed by atoms with Crippen LogP contribution < -0.4 is 5.32 Å². The maximum Gasteiger partial charge on any atom is 0.247 e. The first-order chi connectivity index (χ1) is 13.5. The summed E-state index contributed by atoms with van der Waals surface area (Å²) in [7, 11) is -3.50. The SMILES string of the molecule is O=C(NCc1ccc(S(=O)(=O)N2CCOCC2)cc1)C1=Cc2cnccc2C1. The fourth-order valence-electron chi connectivity index (χ4n) is 3.33. The lowest BCUT2D eigenvalue weighted by molar-refractivity contribution is -0.117. The van der Waals surface area contributed by atoms with Crippen LogP contribution in [0.15, 0.2) is 53.2 Å². The highest BCUT2D eigenvalue weighted by atomic mass is 32.2. The molecule has 1 aliphatic heterocycles. The summed E-state index contributed by atoms with van der Waals surface area (Å²) in [5, 5.41) is 2.89. The van der Waals surface area contributed by atoms with E-state index in [9.17, 15) is 13.2 Å². The predicted molar refractivity (Wildman–Crippen MR) is 104 cm³/mol. The summed E-state index contributed by atoms with van der Waals surface area (Å²) >= 11 is 0. The first-order valence-electron chi connectivity index (χ1n) is 9.12. The molecule has 7 nitrogen and oxygen atoms in total. The molecule has 28 heavy (non-hydrogen) atoms. The van der Waals surface area contributed by atoms with Crippen LogP contribution in [0.1, 0.15) is 16.7 Å². The van der Waals surface area contributed by atoms with Gasteiger partial charge in [-0.1, -0.05) is 12.1 Å². The van der Waals surface area contributed by atoms with E-state index in [0.717, 1.165) is 16.7 Å². The molecule has 1 aromatic carbocycles. The van der Waals surface area contributed by atoms with Gasteiger partial charge in [0, 0.05) is 44.0 Å². The van der Waals surface area contributed by atoms with E-state index in [0.29, 0.717) is 44.8 Å². The van der Waals surface area contributed by atoms with E-state index >= 15 is 0 Å². The number of hydrogen-bond acceptors (Lipinski definition) is 5. The molecule has 146 valence electrons. The molecule has 0 saturated carbocycles. The van der Waals surface area contributed by atoms with Crippen molar-refractivity contribution in [3.05, 3.63) is 65.0 Å². The minimum atomic E-state index is -3.50. The maximum atomic E-state index is 12.6. The fourth-order valence-corrected chi connectivity index (χ4v) is 4.74. The van der Waals surface area contributed by atoms with Crippen molar-refractivity contribution in [2.45, 2.75) is 17.9 Å². The first-order valence-corrected chi connectivity index (χ1v) is 10.6. The van der Waals surface area contributed by atoms with Crippen molar-refractivity contribution in [3.8, 4) is 0 Å². The number of nitrogens with one attached hydrogen (secondary N) is 1. The zero-order valence-corrected chi connectivity index (χ0v) is 16.1. The van der Waals surface area contributed by atoms with Crippen LogP contribution in [0.5, 0.6) is 0 Å². The normalized spacial score (nSPS) is 17.1. The molecule has 2 aromatic rings. The van der Waals surface area contributed by atoms with E-state index in [2.05, 4.69) is 10.3 Å². The second-order valence-electron chi connectivity index (χ2n) is 6.76.